The lowest BCUT2D eigenvalue weighted by atomic mass is 10.1. The Morgan fingerprint density at radius 1 is 1.50 bits per heavy atom. The summed E-state index contributed by atoms with van der Waals surface area (Å²) in [6.07, 6.45) is 1.45. The summed E-state index contributed by atoms with van der Waals surface area (Å²) < 4.78 is 32.4. The Bertz CT molecular complexity index is 630. The number of ether oxygens (including phenoxy) is 1. The Morgan fingerprint density at radius 3 is 2.85 bits per heavy atom. The molecule has 2 nitrogen and oxygen atoms in total. The van der Waals surface area contributed by atoms with Crippen LogP contribution in [-0.2, 0) is 0 Å². The molecule has 1 atom stereocenters. The summed E-state index contributed by atoms with van der Waals surface area (Å²) in [5.41, 5.74) is 2.79. The van der Waals surface area contributed by atoms with Crippen molar-refractivity contribution in [2.45, 2.75) is 12.3 Å². The number of halogens is 3. The molecule has 0 amide bonds. The molecular formula is C14H12ClF2NOS. The molecule has 0 aliphatic rings. The molecule has 0 radical (unpaired) electrons. The molecule has 0 aliphatic heterocycles. The van der Waals surface area contributed by atoms with Crippen LogP contribution in [0.4, 0.5) is 8.78 Å². The summed E-state index contributed by atoms with van der Waals surface area (Å²) >= 11 is 7.72. The largest absolute Gasteiger partial charge is 0.486 e. The van der Waals surface area contributed by atoms with Crippen molar-refractivity contribution < 1.29 is 13.5 Å². The van der Waals surface area contributed by atoms with Crippen molar-refractivity contribution in [3.05, 3.63) is 58.1 Å². The van der Waals surface area contributed by atoms with E-state index in [1.807, 2.05) is 6.92 Å². The van der Waals surface area contributed by atoms with Gasteiger partial charge in [0.1, 0.15) is 6.61 Å². The smallest absolute Gasteiger partial charge is 0.200 e. The predicted octanol–water partition coefficient (Wildman–Crippen LogP) is 4.62. The Balaban J connectivity index is 2.47. The minimum atomic E-state index is -1.04. The topological polar surface area (TPSA) is 22.1 Å². The van der Waals surface area contributed by atoms with Gasteiger partial charge in [-0.2, -0.15) is 4.39 Å². The van der Waals surface area contributed by atoms with Crippen molar-refractivity contribution in [1.29, 1.82) is 0 Å². The van der Waals surface area contributed by atoms with Gasteiger partial charge >= 0.3 is 0 Å². The van der Waals surface area contributed by atoms with Crippen molar-refractivity contribution >= 4 is 22.9 Å². The lowest BCUT2D eigenvalue weighted by molar-refractivity contribution is 0.329. The van der Waals surface area contributed by atoms with E-state index < -0.39 is 17.0 Å². The molecular weight excluding hydrogens is 304 g/mol. The Hall–Kier alpha value is -1.46. The van der Waals surface area contributed by atoms with Crippen molar-refractivity contribution in [1.82, 2.24) is 4.98 Å². The summed E-state index contributed by atoms with van der Waals surface area (Å²) in [6.45, 7) is 5.36. The molecule has 20 heavy (non-hydrogen) atoms. The lowest BCUT2D eigenvalue weighted by Crippen LogP contribution is -2.04. The number of hydrogen-bond donors (Lipinski definition) is 0. The third kappa shape index (κ3) is 2.83. The normalized spacial score (nSPS) is 12.2. The number of rotatable bonds is 5. The molecule has 0 spiro atoms. The zero-order valence-corrected chi connectivity index (χ0v) is 12.3. The third-order valence-electron chi connectivity index (χ3n) is 2.71. The van der Waals surface area contributed by atoms with E-state index in [0.717, 1.165) is 16.6 Å². The van der Waals surface area contributed by atoms with Gasteiger partial charge in [0.05, 0.1) is 16.6 Å². The Labute approximate surface area is 124 Å². The molecule has 0 fully saturated rings. The fraction of sp³-hybridized carbons (Fsp3) is 0.214. The highest BCUT2D eigenvalue weighted by Gasteiger charge is 2.24. The molecule has 1 aromatic carbocycles. The number of benzene rings is 1. The number of aromatic nitrogens is 1. The minimum Gasteiger partial charge on any atom is -0.486 e. The first-order valence-corrected chi connectivity index (χ1v) is 7.13. The quantitative estimate of drug-likeness (QED) is 0.593. The van der Waals surface area contributed by atoms with E-state index in [9.17, 15) is 8.78 Å². The number of thiazole rings is 1. The summed E-state index contributed by atoms with van der Waals surface area (Å²) in [5, 5.41) is -0.641. The van der Waals surface area contributed by atoms with Crippen LogP contribution in [-0.4, -0.2) is 11.6 Å². The highest BCUT2D eigenvalue weighted by atomic mass is 35.5. The first-order chi connectivity index (χ1) is 9.56. The van der Waals surface area contributed by atoms with Crippen LogP contribution in [0.1, 0.15) is 21.5 Å². The second-order valence-electron chi connectivity index (χ2n) is 4.04. The van der Waals surface area contributed by atoms with Gasteiger partial charge in [-0.25, -0.2) is 9.37 Å². The molecule has 6 heteroatoms. The van der Waals surface area contributed by atoms with Crippen LogP contribution in [0.25, 0.3) is 0 Å². The molecule has 1 heterocycles. The first kappa shape index (κ1) is 14.9. The van der Waals surface area contributed by atoms with Gasteiger partial charge in [-0.15, -0.1) is 22.9 Å². The number of aryl methyl sites for hydroxylation is 1. The van der Waals surface area contributed by atoms with Crippen LogP contribution in [0.15, 0.2) is 30.3 Å². The maximum Gasteiger partial charge on any atom is 0.200 e. The average molecular weight is 316 g/mol. The van der Waals surface area contributed by atoms with E-state index in [2.05, 4.69) is 11.6 Å². The van der Waals surface area contributed by atoms with Gasteiger partial charge in [0.25, 0.3) is 0 Å². The Kier molecular flexibility index (Phi) is 4.73. The molecule has 0 saturated carbocycles. The number of hydrogen-bond acceptors (Lipinski definition) is 3. The molecule has 0 saturated heterocycles. The molecule has 106 valence electrons. The van der Waals surface area contributed by atoms with Crippen LogP contribution in [0.5, 0.6) is 5.75 Å². The van der Waals surface area contributed by atoms with Crippen LogP contribution in [0.2, 0.25) is 0 Å². The fourth-order valence-corrected chi connectivity index (χ4v) is 3.01. The van der Waals surface area contributed by atoms with E-state index in [0.29, 0.717) is 5.56 Å². The van der Waals surface area contributed by atoms with Gasteiger partial charge in [0.2, 0.25) is 5.82 Å². The molecule has 0 N–H and O–H groups in total. The van der Waals surface area contributed by atoms with Crippen molar-refractivity contribution in [2.75, 3.05) is 6.61 Å². The standard InChI is InChI=1S/C14H12ClF2NOS/c1-3-6-19-13-9(4-5-10(16)12(13)17)11(15)14-8(2)18-7-20-14/h3-5,7,11H,1,6H2,2H3. The zero-order chi connectivity index (χ0) is 14.7. The highest BCUT2D eigenvalue weighted by Crippen LogP contribution is 2.40. The monoisotopic (exact) mass is 315 g/mol. The first-order valence-electron chi connectivity index (χ1n) is 5.82. The molecule has 0 bridgehead atoms. The van der Waals surface area contributed by atoms with E-state index in [1.54, 1.807) is 5.51 Å². The van der Waals surface area contributed by atoms with E-state index in [4.69, 9.17) is 16.3 Å². The van der Waals surface area contributed by atoms with Crippen LogP contribution in [0, 0.1) is 18.6 Å². The van der Waals surface area contributed by atoms with E-state index >= 15 is 0 Å². The SMILES string of the molecule is C=CCOc1c(C(Cl)c2scnc2C)ccc(F)c1F. The summed E-state index contributed by atoms with van der Waals surface area (Å²) in [5.74, 6) is -2.20. The van der Waals surface area contributed by atoms with Gasteiger partial charge in [0.15, 0.2) is 11.6 Å². The van der Waals surface area contributed by atoms with Gasteiger partial charge in [0, 0.05) is 10.4 Å². The van der Waals surface area contributed by atoms with Gasteiger partial charge in [-0.1, -0.05) is 18.7 Å². The van der Waals surface area contributed by atoms with Crippen LogP contribution in [0.3, 0.4) is 0 Å². The molecule has 2 rings (SSSR count). The van der Waals surface area contributed by atoms with Gasteiger partial charge in [-0.05, 0) is 13.0 Å². The summed E-state index contributed by atoms with van der Waals surface area (Å²) in [4.78, 5) is 4.88. The van der Waals surface area contributed by atoms with Crippen LogP contribution < -0.4 is 4.74 Å². The van der Waals surface area contributed by atoms with E-state index in [1.165, 1.54) is 23.5 Å². The maximum atomic E-state index is 13.9. The van der Waals surface area contributed by atoms with Crippen molar-refractivity contribution in [3.63, 3.8) is 0 Å². The number of alkyl halides is 1. The molecule has 0 aliphatic carbocycles. The molecule has 1 aromatic heterocycles. The van der Waals surface area contributed by atoms with Crippen molar-refractivity contribution in [3.8, 4) is 5.75 Å². The third-order valence-corrected chi connectivity index (χ3v) is 4.29. The highest BCUT2D eigenvalue weighted by molar-refractivity contribution is 7.10. The lowest BCUT2D eigenvalue weighted by Gasteiger charge is -2.15. The number of nitrogens with zero attached hydrogens (tertiary/aromatic N) is 1. The van der Waals surface area contributed by atoms with Crippen molar-refractivity contribution in [2.24, 2.45) is 0 Å². The zero-order valence-electron chi connectivity index (χ0n) is 10.7. The minimum absolute atomic E-state index is 0.0681. The second-order valence-corrected chi connectivity index (χ2v) is 5.37. The second kappa shape index (κ2) is 6.33. The van der Waals surface area contributed by atoms with Gasteiger partial charge < -0.3 is 4.74 Å². The molecule has 2 aromatic rings. The Morgan fingerprint density at radius 2 is 2.25 bits per heavy atom. The summed E-state index contributed by atoms with van der Waals surface area (Å²) in [6, 6.07) is 2.46. The van der Waals surface area contributed by atoms with E-state index in [-0.39, 0.29) is 12.4 Å². The summed E-state index contributed by atoms with van der Waals surface area (Å²) in [7, 11) is 0. The molecule has 1 unspecified atom stereocenters. The fourth-order valence-electron chi connectivity index (χ4n) is 1.73. The van der Waals surface area contributed by atoms with Crippen LogP contribution >= 0.6 is 22.9 Å². The van der Waals surface area contributed by atoms with Gasteiger partial charge in [-0.3, -0.25) is 0 Å². The average Bonchev–Trinajstić information content (AvgIpc) is 2.86. The predicted molar refractivity (Wildman–Crippen MR) is 76.6 cm³/mol. The maximum absolute atomic E-state index is 13.9.